The van der Waals surface area contributed by atoms with Crippen LogP contribution in [0.4, 0.5) is 0 Å². The van der Waals surface area contributed by atoms with Gasteiger partial charge in [0.1, 0.15) is 0 Å². The number of rotatable bonds is 4. The van der Waals surface area contributed by atoms with Gasteiger partial charge in [-0.25, -0.2) is 0 Å². The highest BCUT2D eigenvalue weighted by Crippen LogP contribution is 2.64. The molecule has 0 amide bonds. The lowest BCUT2D eigenvalue weighted by molar-refractivity contribution is -0.144. The molecule has 0 heterocycles. The lowest BCUT2D eigenvalue weighted by Gasteiger charge is -2.63. The Morgan fingerprint density at radius 2 is 0.889 bits per heavy atom. The molecule has 0 fully saturated rings. The van der Waals surface area contributed by atoms with E-state index >= 15 is 0 Å². The van der Waals surface area contributed by atoms with Crippen molar-refractivity contribution in [2.75, 3.05) is 0 Å². The van der Waals surface area contributed by atoms with Crippen LogP contribution in [0.1, 0.15) is 83.1 Å². The van der Waals surface area contributed by atoms with Gasteiger partial charge in [-0.1, -0.05) is 83.1 Å². The van der Waals surface area contributed by atoms with Crippen molar-refractivity contribution in [3.05, 3.63) is 0 Å². The zero-order valence-electron chi connectivity index (χ0n) is 15.2. The Morgan fingerprint density at radius 1 is 0.556 bits per heavy atom. The SMILES string of the molecule is CC(C)C(C)(C)C(C)(C)C(C)(C(C)C)C(C)(C)C. The fraction of sp³-hybridized carbons (Fsp3) is 1.00. The summed E-state index contributed by atoms with van der Waals surface area (Å²) in [5.41, 5.74) is 1.20. The first-order valence-electron chi connectivity index (χ1n) is 7.64. The lowest BCUT2D eigenvalue weighted by atomic mass is 9.42. The highest BCUT2D eigenvalue weighted by atomic mass is 14.6. The summed E-state index contributed by atoms with van der Waals surface area (Å²) in [6.07, 6.45) is 0. The van der Waals surface area contributed by atoms with Crippen molar-refractivity contribution in [2.45, 2.75) is 83.1 Å². The van der Waals surface area contributed by atoms with Crippen molar-refractivity contribution in [2.24, 2.45) is 33.5 Å². The summed E-state index contributed by atoms with van der Waals surface area (Å²) >= 11 is 0. The van der Waals surface area contributed by atoms with Gasteiger partial charge in [-0.3, -0.25) is 0 Å². The Bertz CT molecular complexity index is 273. The zero-order valence-corrected chi connectivity index (χ0v) is 15.2. The Labute approximate surface area is 117 Å². The van der Waals surface area contributed by atoms with Crippen LogP contribution < -0.4 is 0 Å². The first kappa shape index (κ1) is 18.0. The molecule has 0 bridgehead atoms. The maximum atomic E-state index is 2.50. The average molecular weight is 255 g/mol. The molecule has 110 valence electrons. The Hall–Kier alpha value is 0. The van der Waals surface area contributed by atoms with E-state index in [-0.39, 0.29) is 5.41 Å². The molecule has 0 aromatic rings. The maximum absolute atomic E-state index is 2.50. The summed E-state index contributed by atoms with van der Waals surface area (Å²) in [6, 6.07) is 0. The second-order valence-corrected chi connectivity index (χ2v) is 9.11. The van der Waals surface area contributed by atoms with E-state index in [4.69, 9.17) is 0 Å². The second-order valence-electron chi connectivity index (χ2n) is 9.11. The molecule has 1 atom stereocenters. The van der Waals surface area contributed by atoms with E-state index in [0.717, 1.165) is 0 Å². The van der Waals surface area contributed by atoms with E-state index in [2.05, 4.69) is 83.1 Å². The summed E-state index contributed by atoms with van der Waals surface area (Å²) < 4.78 is 0. The fourth-order valence-corrected chi connectivity index (χ4v) is 3.92. The van der Waals surface area contributed by atoms with Crippen molar-refractivity contribution in [3.63, 3.8) is 0 Å². The summed E-state index contributed by atoms with van der Waals surface area (Å²) in [6.45, 7) is 29.1. The third-order valence-corrected chi connectivity index (χ3v) is 7.07. The second kappa shape index (κ2) is 4.84. The van der Waals surface area contributed by atoms with E-state index < -0.39 is 0 Å². The smallest absolute Gasteiger partial charge is 0.0198 e. The molecule has 0 aromatic carbocycles. The zero-order chi connectivity index (χ0) is 15.2. The molecule has 0 aliphatic carbocycles. The molecular weight excluding hydrogens is 216 g/mol. The molecule has 0 saturated carbocycles. The van der Waals surface area contributed by atoms with Crippen molar-refractivity contribution >= 4 is 0 Å². The molecular formula is C18H38. The standard InChI is InChI=1S/C18H38/c1-13(2)16(8,9)17(10,11)18(12,14(3)4)15(5,6)7/h13-14H,1-12H3. The van der Waals surface area contributed by atoms with Crippen LogP contribution in [0.15, 0.2) is 0 Å². The monoisotopic (exact) mass is 254 g/mol. The molecule has 0 N–H and O–H groups in total. The number of hydrogen-bond acceptors (Lipinski definition) is 0. The predicted molar refractivity (Wildman–Crippen MR) is 84.8 cm³/mol. The largest absolute Gasteiger partial charge is 0.0622 e. The van der Waals surface area contributed by atoms with Gasteiger partial charge in [0.2, 0.25) is 0 Å². The highest BCUT2D eigenvalue weighted by molar-refractivity contribution is 5.05. The minimum atomic E-state index is 0.278. The van der Waals surface area contributed by atoms with Gasteiger partial charge in [0.25, 0.3) is 0 Å². The lowest BCUT2D eigenvalue weighted by Crippen LogP contribution is -2.56. The molecule has 0 aliphatic rings. The van der Waals surface area contributed by atoms with Gasteiger partial charge in [-0.2, -0.15) is 0 Å². The summed E-state index contributed by atoms with van der Waals surface area (Å²) in [7, 11) is 0. The Kier molecular flexibility index (Phi) is 4.84. The molecule has 0 radical (unpaired) electrons. The Balaban J connectivity index is 5.95. The average Bonchev–Trinajstić information content (AvgIpc) is 2.13. The van der Waals surface area contributed by atoms with Gasteiger partial charge in [-0.05, 0) is 33.5 Å². The van der Waals surface area contributed by atoms with Gasteiger partial charge in [-0.15, -0.1) is 0 Å². The van der Waals surface area contributed by atoms with Gasteiger partial charge < -0.3 is 0 Å². The van der Waals surface area contributed by atoms with Gasteiger partial charge >= 0.3 is 0 Å². The van der Waals surface area contributed by atoms with E-state index in [9.17, 15) is 0 Å². The van der Waals surface area contributed by atoms with E-state index in [1.54, 1.807) is 0 Å². The molecule has 0 nitrogen and oxygen atoms in total. The van der Waals surface area contributed by atoms with Crippen LogP contribution >= 0.6 is 0 Å². The summed E-state index contributed by atoms with van der Waals surface area (Å²) in [5.74, 6) is 1.36. The minimum Gasteiger partial charge on any atom is -0.0622 e. The van der Waals surface area contributed by atoms with Gasteiger partial charge in [0.15, 0.2) is 0 Å². The van der Waals surface area contributed by atoms with Crippen molar-refractivity contribution in [1.29, 1.82) is 0 Å². The van der Waals surface area contributed by atoms with Crippen LogP contribution in [0.5, 0.6) is 0 Å². The van der Waals surface area contributed by atoms with Crippen LogP contribution in [0.25, 0.3) is 0 Å². The van der Waals surface area contributed by atoms with Gasteiger partial charge in [0.05, 0.1) is 0 Å². The first-order chi connectivity index (χ1) is 7.64. The van der Waals surface area contributed by atoms with Crippen molar-refractivity contribution < 1.29 is 0 Å². The fourth-order valence-electron chi connectivity index (χ4n) is 3.92. The molecule has 0 spiro atoms. The topological polar surface area (TPSA) is 0 Å². The Morgan fingerprint density at radius 3 is 1.06 bits per heavy atom. The normalized spacial score (nSPS) is 18.3. The molecule has 18 heavy (non-hydrogen) atoms. The summed E-state index contributed by atoms with van der Waals surface area (Å²) in [4.78, 5) is 0. The minimum absolute atomic E-state index is 0.278. The van der Waals surface area contributed by atoms with E-state index in [0.29, 0.717) is 28.1 Å². The predicted octanol–water partition coefficient (Wildman–Crippen LogP) is 6.40. The van der Waals surface area contributed by atoms with Crippen LogP contribution in [0.3, 0.4) is 0 Å². The maximum Gasteiger partial charge on any atom is -0.0198 e. The van der Waals surface area contributed by atoms with Crippen LogP contribution in [0, 0.1) is 33.5 Å². The highest BCUT2D eigenvalue weighted by Gasteiger charge is 2.57. The molecule has 0 heteroatoms. The van der Waals surface area contributed by atoms with Crippen LogP contribution in [0.2, 0.25) is 0 Å². The molecule has 1 unspecified atom stereocenters. The molecule has 0 saturated heterocycles. The van der Waals surface area contributed by atoms with Gasteiger partial charge in [0, 0.05) is 0 Å². The molecule has 0 rings (SSSR count). The third-order valence-electron chi connectivity index (χ3n) is 7.07. The van der Waals surface area contributed by atoms with Crippen LogP contribution in [-0.4, -0.2) is 0 Å². The van der Waals surface area contributed by atoms with Crippen molar-refractivity contribution in [3.8, 4) is 0 Å². The summed E-state index contributed by atoms with van der Waals surface area (Å²) in [5, 5.41) is 0. The van der Waals surface area contributed by atoms with E-state index in [1.165, 1.54) is 0 Å². The van der Waals surface area contributed by atoms with Crippen molar-refractivity contribution in [1.82, 2.24) is 0 Å². The molecule has 0 aliphatic heterocycles. The molecule has 0 aromatic heterocycles. The first-order valence-corrected chi connectivity index (χ1v) is 7.64. The van der Waals surface area contributed by atoms with Crippen LogP contribution in [-0.2, 0) is 0 Å². The van der Waals surface area contributed by atoms with E-state index in [1.807, 2.05) is 0 Å². The number of hydrogen-bond donors (Lipinski definition) is 0. The quantitative estimate of drug-likeness (QED) is 0.544. The third kappa shape index (κ3) is 2.37.